The minimum absolute atomic E-state index is 0.849. The number of hydrogen-bond acceptors (Lipinski definition) is 2. The van der Waals surface area contributed by atoms with Crippen LogP contribution in [0.3, 0.4) is 0 Å². The van der Waals surface area contributed by atoms with Crippen molar-refractivity contribution in [1.82, 2.24) is 9.80 Å². The van der Waals surface area contributed by atoms with Gasteiger partial charge >= 0.3 is 0 Å². The first-order valence-corrected chi connectivity index (χ1v) is 8.89. The molecule has 20 heavy (non-hydrogen) atoms. The molecule has 0 bridgehead atoms. The molecular formula is C18H32N2. The van der Waals surface area contributed by atoms with Gasteiger partial charge in [-0.1, -0.05) is 30.9 Å². The average Bonchev–Trinajstić information content (AvgIpc) is 2.96. The minimum Gasteiger partial charge on any atom is -0.298 e. The zero-order chi connectivity index (χ0) is 13.9. The molecule has 0 aromatic rings. The first-order valence-electron chi connectivity index (χ1n) is 8.89. The summed E-state index contributed by atoms with van der Waals surface area (Å²) < 4.78 is 0. The van der Waals surface area contributed by atoms with Gasteiger partial charge in [-0.3, -0.25) is 9.80 Å². The Hall–Kier alpha value is -0.340. The molecule has 0 radical (unpaired) electrons. The standard InChI is InChI=1S/C18H32N2/c1-3-15(2)14-20-13-12-19-11-7-10-17(19)18(20)16-8-5-4-6-9-16/h3,16-18H,4-14H2,1-2H3. The third kappa shape index (κ3) is 2.96. The van der Waals surface area contributed by atoms with Gasteiger partial charge in [0.15, 0.2) is 0 Å². The summed E-state index contributed by atoms with van der Waals surface area (Å²) >= 11 is 0. The molecule has 3 aliphatic rings. The summed E-state index contributed by atoms with van der Waals surface area (Å²) in [5.41, 5.74) is 1.55. The van der Waals surface area contributed by atoms with Gasteiger partial charge < -0.3 is 0 Å². The maximum atomic E-state index is 2.85. The van der Waals surface area contributed by atoms with Crippen LogP contribution >= 0.6 is 0 Å². The zero-order valence-corrected chi connectivity index (χ0v) is 13.5. The fraction of sp³-hybridized carbons (Fsp3) is 0.889. The van der Waals surface area contributed by atoms with E-state index in [1.165, 1.54) is 71.1 Å². The van der Waals surface area contributed by atoms with Gasteiger partial charge in [0.2, 0.25) is 0 Å². The van der Waals surface area contributed by atoms with Crippen LogP contribution in [-0.2, 0) is 0 Å². The second-order valence-electron chi connectivity index (χ2n) is 7.24. The van der Waals surface area contributed by atoms with Gasteiger partial charge in [0.1, 0.15) is 0 Å². The molecule has 2 heterocycles. The quantitative estimate of drug-likeness (QED) is 0.726. The van der Waals surface area contributed by atoms with Crippen molar-refractivity contribution in [2.75, 3.05) is 26.2 Å². The molecule has 2 aliphatic heterocycles. The van der Waals surface area contributed by atoms with Gasteiger partial charge in [-0.25, -0.2) is 0 Å². The second kappa shape index (κ2) is 6.62. The van der Waals surface area contributed by atoms with Crippen molar-refractivity contribution >= 4 is 0 Å². The van der Waals surface area contributed by atoms with E-state index in [0.717, 1.165) is 18.0 Å². The molecule has 2 heteroatoms. The highest BCUT2D eigenvalue weighted by Gasteiger charge is 2.42. The molecule has 114 valence electrons. The molecule has 1 saturated carbocycles. The highest BCUT2D eigenvalue weighted by Crippen LogP contribution is 2.37. The first-order chi connectivity index (χ1) is 9.79. The Morgan fingerprint density at radius 2 is 1.80 bits per heavy atom. The van der Waals surface area contributed by atoms with E-state index in [2.05, 4.69) is 29.7 Å². The summed E-state index contributed by atoms with van der Waals surface area (Å²) in [6.45, 7) is 9.68. The zero-order valence-electron chi connectivity index (χ0n) is 13.5. The van der Waals surface area contributed by atoms with Gasteiger partial charge in [0.25, 0.3) is 0 Å². The van der Waals surface area contributed by atoms with E-state index in [1.54, 1.807) is 5.57 Å². The van der Waals surface area contributed by atoms with Crippen molar-refractivity contribution in [3.05, 3.63) is 11.6 Å². The summed E-state index contributed by atoms with van der Waals surface area (Å²) in [6, 6.07) is 1.72. The SMILES string of the molecule is CC=C(C)CN1CCN2CCCC2C1C1CCCCC1. The molecule has 0 aromatic carbocycles. The van der Waals surface area contributed by atoms with Crippen LogP contribution in [0.5, 0.6) is 0 Å². The number of piperazine rings is 1. The Kier molecular flexibility index (Phi) is 4.83. The fourth-order valence-corrected chi connectivity index (χ4v) is 4.85. The maximum Gasteiger partial charge on any atom is 0.0283 e. The van der Waals surface area contributed by atoms with Crippen molar-refractivity contribution in [3.63, 3.8) is 0 Å². The van der Waals surface area contributed by atoms with Crippen LogP contribution in [0.1, 0.15) is 58.8 Å². The Labute approximate surface area is 125 Å². The fourth-order valence-electron chi connectivity index (χ4n) is 4.85. The van der Waals surface area contributed by atoms with Crippen molar-refractivity contribution in [2.45, 2.75) is 70.9 Å². The second-order valence-corrected chi connectivity index (χ2v) is 7.24. The number of nitrogens with zero attached hydrogens (tertiary/aromatic N) is 2. The Morgan fingerprint density at radius 3 is 2.55 bits per heavy atom. The third-order valence-electron chi connectivity index (χ3n) is 5.98. The number of fused-ring (bicyclic) bond motifs is 1. The van der Waals surface area contributed by atoms with Crippen LogP contribution in [0, 0.1) is 5.92 Å². The van der Waals surface area contributed by atoms with E-state index in [-0.39, 0.29) is 0 Å². The highest BCUT2D eigenvalue weighted by atomic mass is 15.3. The van der Waals surface area contributed by atoms with Crippen LogP contribution in [0.4, 0.5) is 0 Å². The lowest BCUT2D eigenvalue weighted by molar-refractivity contribution is 0.00674. The summed E-state index contributed by atoms with van der Waals surface area (Å²) in [6.07, 6.45) is 12.6. The summed E-state index contributed by atoms with van der Waals surface area (Å²) in [5.74, 6) is 0.972. The molecule has 0 N–H and O–H groups in total. The summed E-state index contributed by atoms with van der Waals surface area (Å²) in [7, 11) is 0. The molecular weight excluding hydrogens is 244 g/mol. The third-order valence-corrected chi connectivity index (χ3v) is 5.98. The van der Waals surface area contributed by atoms with E-state index >= 15 is 0 Å². The largest absolute Gasteiger partial charge is 0.298 e. The van der Waals surface area contributed by atoms with Gasteiger partial charge in [-0.05, 0) is 52.0 Å². The van der Waals surface area contributed by atoms with Gasteiger partial charge in [0, 0.05) is 31.7 Å². The van der Waals surface area contributed by atoms with E-state index in [1.807, 2.05) is 0 Å². The van der Waals surface area contributed by atoms with Crippen LogP contribution in [0.2, 0.25) is 0 Å². The van der Waals surface area contributed by atoms with Crippen LogP contribution in [-0.4, -0.2) is 48.1 Å². The monoisotopic (exact) mass is 276 g/mol. The lowest BCUT2D eigenvalue weighted by Gasteiger charge is -2.49. The van der Waals surface area contributed by atoms with Crippen LogP contribution < -0.4 is 0 Å². The molecule has 2 unspecified atom stereocenters. The molecule has 2 atom stereocenters. The molecule has 2 nitrogen and oxygen atoms in total. The summed E-state index contributed by atoms with van der Waals surface area (Å²) in [4.78, 5) is 5.65. The Bertz CT molecular complexity index is 343. The maximum absolute atomic E-state index is 2.85. The molecule has 3 fully saturated rings. The Balaban J connectivity index is 1.76. The molecule has 3 rings (SSSR count). The van der Waals surface area contributed by atoms with E-state index in [0.29, 0.717) is 0 Å². The smallest absolute Gasteiger partial charge is 0.0283 e. The van der Waals surface area contributed by atoms with Crippen molar-refractivity contribution in [1.29, 1.82) is 0 Å². The van der Waals surface area contributed by atoms with Crippen molar-refractivity contribution in [2.24, 2.45) is 5.92 Å². The van der Waals surface area contributed by atoms with E-state index in [4.69, 9.17) is 0 Å². The lowest BCUT2D eigenvalue weighted by Crippen LogP contribution is -2.60. The predicted molar refractivity (Wildman–Crippen MR) is 86.0 cm³/mol. The molecule has 0 aromatic heterocycles. The molecule has 1 aliphatic carbocycles. The topological polar surface area (TPSA) is 6.48 Å². The van der Waals surface area contributed by atoms with Gasteiger partial charge in [-0.2, -0.15) is 0 Å². The first kappa shape index (κ1) is 14.6. The van der Waals surface area contributed by atoms with Gasteiger partial charge in [-0.15, -0.1) is 0 Å². The van der Waals surface area contributed by atoms with E-state index < -0.39 is 0 Å². The molecule has 2 saturated heterocycles. The highest BCUT2D eigenvalue weighted by molar-refractivity contribution is 5.05. The van der Waals surface area contributed by atoms with E-state index in [9.17, 15) is 0 Å². The number of rotatable bonds is 3. The van der Waals surface area contributed by atoms with Crippen LogP contribution in [0.15, 0.2) is 11.6 Å². The number of allylic oxidation sites excluding steroid dienone is 1. The average molecular weight is 276 g/mol. The number of hydrogen-bond donors (Lipinski definition) is 0. The van der Waals surface area contributed by atoms with Gasteiger partial charge in [0.05, 0.1) is 0 Å². The van der Waals surface area contributed by atoms with Crippen molar-refractivity contribution in [3.8, 4) is 0 Å². The molecule has 0 amide bonds. The van der Waals surface area contributed by atoms with Crippen molar-refractivity contribution < 1.29 is 0 Å². The lowest BCUT2D eigenvalue weighted by atomic mass is 9.78. The Morgan fingerprint density at radius 1 is 1.00 bits per heavy atom. The normalized spacial score (nSPS) is 34.4. The van der Waals surface area contributed by atoms with Crippen LogP contribution in [0.25, 0.3) is 0 Å². The predicted octanol–water partition coefficient (Wildman–Crippen LogP) is 3.68. The minimum atomic E-state index is 0.849. The molecule has 0 spiro atoms. The summed E-state index contributed by atoms with van der Waals surface area (Å²) in [5, 5.41) is 0.